The van der Waals surface area contributed by atoms with Crippen molar-refractivity contribution in [3.05, 3.63) is 65.2 Å². The van der Waals surface area contributed by atoms with Crippen molar-refractivity contribution in [3.63, 3.8) is 0 Å². The fourth-order valence-corrected chi connectivity index (χ4v) is 2.42. The van der Waals surface area contributed by atoms with Gasteiger partial charge in [-0.15, -0.1) is 0 Å². The average Bonchev–Trinajstić information content (AvgIpc) is 2.56. The minimum atomic E-state index is -0.649. The molecule has 0 radical (unpaired) electrons. The summed E-state index contributed by atoms with van der Waals surface area (Å²) in [5, 5.41) is 0. The van der Waals surface area contributed by atoms with E-state index in [0.717, 1.165) is 36.0 Å². The summed E-state index contributed by atoms with van der Waals surface area (Å²) in [6, 6.07) is 15.5. The van der Waals surface area contributed by atoms with E-state index in [1.54, 1.807) is 6.07 Å². The molecule has 3 nitrogen and oxygen atoms in total. The van der Waals surface area contributed by atoms with Crippen molar-refractivity contribution in [1.82, 2.24) is 0 Å². The Morgan fingerprint density at radius 1 is 1.04 bits per heavy atom. The molecular formula is C20H24O3. The Hall–Kier alpha value is -2.29. The van der Waals surface area contributed by atoms with Crippen LogP contribution < -0.4 is 4.74 Å². The zero-order valence-electron chi connectivity index (χ0n) is 14.0. The van der Waals surface area contributed by atoms with E-state index in [1.807, 2.05) is 56.3 Å². The van der Waals surface area contributed by atoms with Crippen LogP contribution in [-0.2, 0) is 4.74 Å². The molecule has 0 heterocycles. The van der Waals surface area contributed by atoms with Crippen LogP contribution in [0.5, 0.6) is 5.75 Å². The van der Waals surface area contributed by atoms with Gasteiger partial charge < -0.3 is 9.47 Å². The molecule has 23 heavy (non-hydrogen) atoms. The third-order valence-corrected chi connectivity index (χ3v) is 3.98. The first-order chi connectivity index (χ1) is 11.1. The van der Waals surface area contributed by atoms with E-state index >= 15 is 0 Å². The van der Waals surface area contributed by atoms with Crippen molar-refractivity contribution in [2.24, 2.45) is 0 Å². The Labute approximate surface area is 138 Å². The molecule has 0 spiro atoms. The van der Waals surface area contributed by atoms with Crippen molar-refractivity contribution < 1.29 is 14.3 Å². The third kappa shape index (κ3) is 4.85. The standard InChI is InChI=1S/C20H24O3/c1-4-5-13-19(17-11-7-6-8-12-17)23-20(21)22-18-14-9-10-15(2)16(18)3/h6-12,14,19H,4-5,13H2,1-3H3. The van der Waals surface area contributed by atoms with Gasteiger partial charge in [-0.05, 0) is 49.4 Å². The highest BCUT2D eigenvalue weighted by Gasteiger charge is 2.18. The van der Waals surface area contributed by atoms with Crippen LogP contribution in [0.3, 0.4) is 0 Å². The number of hydrogen-bond acceptors (Lipinski definition) is 3. The molecule has 0 aromatic heterocycles. The van der Waals surface area contributed by atoms with Crippen LogP contribution in [-0.4, -0.2) is 6.16 Å². The van der Waals surface area contributed by atoms with Gasteiger partial charge >= 0.3 is 6.16 Å². The molecule has 0 amide bonds. The number of hydrogen-bond donors (Lipinski definition) is 0. The summed E-state index contributed by atoms with van der Waals surface area (Å²) in [6.45, 7) is 6.04. The predicted molar refractivity (Wildman–Crippen MR) is 91.7 cm³/mol. The maximum atomic E-state index is 12.2. The smallest absolute Gasteiger partial charge is 0.426 e. The number of rotatable bonds is 6. The van der Waals surface area contributed by atoms with Gasteiger partial charge in [0.2, 0.25) is 0 Å². The van der Waals surface area contributed by atoms with Crippen molar-refractivity contribution in [2.75, 3.05) is 0 Å². The van der Waals surface area contributed by atoms with Crippen LogP contribution in [0, 0.1) is 13.8 Å². The maximum Gasteiger partial charge on any atom is 0.514 e. The largest absolute Gasteiger partial charge is 0.514 e. The van der Waals surface area contributed by atoms with Crippen molar-refractivity contribution in [2.45, 2.75) is 46.1 Å². The quantitative estimate of drug-likeness (QED) is 0.503. The normalized spacial score (nSPS) is 11.8. The minimum absolute atomic E-state index is 0.270. The average molecular weight is 312 g/mol. The second kappa shape index (κ2) is 8.37. The van der Waals surface area contributed by atoms with Crippen LogP contribution >= 0.6 is 0 Å². The second-order valence-electron chi connectivity index (χ2n) is 5.71. The lowest BCUT2D eigenvalue weighted by Crippen LogP contribution is -2.16. The zero-order valence-corrected chi connectivity index (χ0v) is 14.0. The fourth-order valence-electron chi connectivity index (χ4n) is 2.42. The molecule has 0 saturated carbocycles. The molecule has 3 heteroatoms. The van der Waals surface area contributed by atoms with E-state index in [2.05, 4.69) is 6.92 Å². The lowest BCUT2D eigenvalue weighted by atomic mass is 10.0. The molecule has 1 unspecified atom stereocenters. The molecule has 0 fully saturated rings. The van der Waals surface area contributed by atoms with E-state index in [9.17, 15) is 4.79 Å². The molecule has 0 N–H and O–H groups in total. The van der Waals surface area contributed by atoms with Crippen molar-refractivity contribution in [3.8, 4) is 5.75 Å². The Morgan fingerprint density at radius 3 is 2.48 bits per heavy atom. The third-order valence-electron chi connectivity index (χ3n) is 3.98. The van der Waals surface area contributed by atoms with E-state index in [-0.39, 0.29) is 6.10 Å². The molecule has 0 bridgehead atoms. The van der Waals surface area contributed by atoms with E-state index < -0.39 is 6.16 Å². The van der Waals surface area contributed by atoms with Gasteiger partial charge in [0, 0.05) is 0 Å². The van der Waals surface area contributed by atoms with Crippen LogP contribution in [0.4, 0.5) is 4.79 Å². The van der Waals surface area contributed by atoms with Gasteiger partial charge in [-0.1, -0.05) is 55.8 Å². The fraction of sp³-hybridized carbons (Fsp3) is 0.350. The molecule has 0 saturated heterocycles. The first-order valence-corrected chi connectivity index (χ1v) is 8.11. The molecule has 2 aromatic rings. The topological polar surface area (TPSA) is 35.5 Å². The number of benzene rings is 2. The number of carbonyl (C=O) groups excluding carboxylic acids is 1. The summed E-state index contributed by atoms with van der Waals surface area (Å²) in [4.78, 5) is 12.2. The van der Waals surface area contributed by atoms with Crippen molar-refractivity contribution in [1.29, 1.82) is 0 Å². The van der Waals surface area contributed by atoms with Gasteiger partial charge in [0.15, 0.2) is 0 Å². The summed E-state index contributed by atoms with van der Waals surface area (Å²) in [5.41, 5.74) is 3.04. The molecule has 2 rings (SSSR count). The highest BCUT2D eigenvalue weighted by molar-refractivity contribution is 5.65. The Bertz CT molecular complexity index is 635. The number of ether oxygens (including phenoxy) is 2. The Kier molecular flexibility index (Phi) is 6.21. The molecule has 0 aliphatic carbocycles. The molecule has 2 aromatic carbocycles. The van der Waals surface area contributed by atoms with Gasteiger partial charge in [-0.2, -0.15) is 0 Å². The SMILES string of the molecule is CCCCC(OC(=O)Oc1cccc(C)c1C)c1ccccc1. The van der Waals surface area contributed by atoms with Gasteiger partial charge in [0.05, 0.1) is 0 Å². The molecule has 0 aliphatic rings. The summed E-state index contributed by atoms with van der Waals surface area (Å²) >= 11 is 0. The zero-order chi connectivity index (χ0) is 16.7. The van der Waals surface area contributed by atoms with Crippen molar-refractivity contribution >= 4 is 6.16 Å². The summed E-state index contributed by atoms with van der Waals surface area (Å²) in [5.74, 6) is 0.553. The minimum Gasteiger partial charge on any atom is -0.426 e. The van der Waals surface area contributed by atoms with E-state index in [0.29, 0.717) is 5.75 Å². The highest BCUT2D eigenvalue weighted by Crippen LogP contribution is 2.26. The van der Waals surface area contributed by atoms with Gasteiger partial charge in [0.25, 0.3) is 0 Å². The van der Waals surface area contributed by atoms with E-state index in [1.165, 1.54) is 0 Å². The predicted octanol–water partition coefficient (Wildman–Crippen LogP) is 5.75. The number of aryl methyl sites for hydroxylation is 1. The number of carbonyl (C=O) groups is 1. The molecule has 0 aliphatic heterocycles. The van der Waals surface area contributed by atoms with Crippen LogP contribution in [0.15, 0.2) is 48.5 Å². The lowest BCUT2D eigenvalue weighted by molar-refractivity contribution is 0.0528. The lowest BCUT2D eigenvalue weighted by Gasteiger charge is -2.18. The monoisotopic (exact) mass is 312 g/mol. The van der Waals surface area contributed by atoms with Crippen LogP contribution in [0.25, 0.3) is 0 Å². The van der Waals surface area contributed by atoms with Gasteiger partial charge in [-0.25, -0.2) is 4.79 Å². The summed E-state index contributed by atoms with van der Waals surface area (Å²) in [7, 11) is 0. The first-order valence-electron chi connectivity index (χ1n) is 8.11. The second-order valence-corrected chi connectivity index (χ2v) is 5.71. The summed E-state index contributed by atoms with van der Waals surface area (Å²) in [6.07, 6.45) is 1.93. The molecule has 122 valence electrons. The molecule has 1 atom stereocenters. The Balaban J connectivity index is 2.07. The maximum absolute atomic E-state index is 12.2. The van der Waals surface area contributed by atoms with Crippen LogP contribution in [0.2, 0.25) is 0 Å². The number of unbranched alkanes of at least 4 members (excludes halogenated alkanes) is 1. The van der Waals surface area contributed by atoms with Gasteiger partial charge in [-0.3, -0.25) is 0 Å². The summed E-state index contributed by atoms with van der Waals surface area (Å²) < 4.78 is 11.0. The van der Waals surface area contributed by atoms with Gasteiger partial charge in [0.1, 0.15) is 11.9 Å². The molecular weight excluding hydrogens is 288 g/mol. The first kappa shape index (κ1) is 17.1. The highest BCUT2D eigenvalue weighted by atomic mass is 16.7. The Morgan fingerprint density at radius 2 is 1.78 bits per heavy atom. The van der Waals surface area contributed by atoms with E-state index in [4.69, 9.17) is 9.47 Å². The van der Waals surface area contributed by atoms with Crippen LogP contribution in [0.1, 0.15) is 49.0 Å².